The molecule has 2 aromatic rings. The monoisotopic (exact) mass is 523 g/mol. The third-order valence-electron chi connectivity index (χ3n) is 4.41. The molecule has 0 aliphatic heterocycles. The Hall–Kier alpha value is -2.29. The van der Waals surface area contributed by atoms with Crippen LogP contribution in [0.1, 0.15) is 32.8 Å². The zero-order valence-corrected chi connectivity index (χ0v) is 20.5. The molecule has 2 aromatic carbocycles. The van der Waals surface area contributed by atoms with Crippen molar-refractivity contribution >= 4 is 47.2 Å². The Morgan fingerprint density at radius 1 is 1.03 bits per heavy atom. The fraction of sp³-hybridized carbons (Fsp3) is 0.391. The summed E-state index contributed by atoms with van der Waals surface area (Å²) in [7, 11) is 0. The van der Waals surface area contributed by atoms with Crippen LogP contribution >= 0.6 is 24.0 Å². The fourth-order valence-corrected chi connectivity index (χ4v) is 3.05. The second-order valence-electron chi connectivity index (χ2n) is 6.77. The first-order valence-corrected chi connectivity index (χ1v) is 10.3. The van der Waals surface area contributed by atoms with Gasteiger partial charge in [-0.2, -0.15) is 0 Å². The van der Waals surface area contributed by atoms with Gasteiger partial charge in [0.2, 0.25) is 5.91 Å². The molecule has 0 aromatic heterocycles. The minimum absolute atomic E-state index is 0. The molecule has 0 fully saturated rings. The van der Waals surface area contributed by atoms with Crippen LogP contribution in [0.15, 0.2) is 59.6 Å². The maximum atomic E-state index is 11.2. The van der Waals surface area contributed by atoms with Gasteiger partial charge in [-0.1, -0.05) is 30.3 Å². The number of halogens is 1. The van der Waals surface area contributed by atoms with Crippen molar-refractivity contribution in [3.05, 3.63) is 60.2 Å². The minimum atomic E-state index is -0.0720. The Kier molecular flexibility index (Phi) is 12.6. The summed E-state index contributed by atoms with van der Waals surface area (Å²) in [6.07, 6.45) is 1.02. The molecule has 0 saturated heterocycles. The molecule has 0 radical (unpaired) electrons. The quantitative estimate of drug-likeness (QED) is 0.189. The van der Waals surface area contributed by atoms with Crippen molar-refractivity contribution in [1.82, 2.24) is 10.6 Å². The van der Waals surface area contributed by atoms with Gasteiger partial charge in [0.05, 0.1) is 6.54 Å². The first-order valence-electron chi connectivity index (χ1n) is 10.3. The standard InChI is InChI=1S/C23H33N5O.HI/c1-4-24-23(26-18-20-11-9-12-21(17-20)27-19(3)29)25-15-10-16-28(5-2)22-13-7-6-8-14-22;/h6-9,11-14,17H,4-5,10,15-16,18H2,1-3H3,(H,27,29)(H2,24,25,26);1H. The van der Waals surface area contributed by atoms with Crippen LogP contribution in [-0.4, -0.2) is 38.0 Å². The maximum Gasteiger partial charge on any atom is 0.221 e. The summed E-state index contributed by atoms with van der Waals surface area (Å²) in [4.78, 5) is 18.3. The number of benzene rings is 2. The average molecular weight is 523 g/mol. The first-order chi connectivity index (χ1) is 14.1. The molecule has 30 heavy (non-hydrogen) atoms. The van der Waals surface area contributed by atoms with Gasteiger partial charge in [0.25, 0.3) is 0 Å². The molecule has 7 heteroatoms. The lowest BCUT2D eigenvalue weighted by molar-refractivity contribution is -0.114. The molecule has 0 aliphatic carbocycles. The Morgan fingerprint density at radius 3 is 2.47 bits per heavy atom. The van der Waals surface area contributed by atoms with Crippen LogP contribution in [0.25, 0.3) is 0 Å². The lowest BCUT2D eigenvalue weighted by Crippen LogP contribution is -2.38. The van der Waals surface area contributed by atoms with Crippen LogP contribution in [0, 0.1) is 0 Å². The number of nitrogens with one attached hydrogen (secondary N) is 3. The van der Waals surface area contributed by atoms with E-state index >= 15 is 0 Å². The van der Waals surface area contributed by atoms with Crippen LogP contribution in [0.2, 0.25) is 0 Å². The molecule has 0 spiro atoms. The summed E-state index contributed by atoms with van der Waals surface area (Å²) >= 11 is 0. The molecular formula is C23H34IN5O. The van der Waals surface area contributed by atoms with E-state index in [1.807, 2.05) is 30.3 Å². The molecule has 1 amide bonds. The number of aliphatic imine (C=N–C) groups is 1. The van der Waals surface area contributed by atoms with Crippen molar-refractivity contribution in [3.63, 3.8) is 0 Å². The van der Waals surface area contributed by atoms with Crippen molar-refractivity contribution in [1.29, 1.82) is 0 Å². The van der Waals surface area contributed by atoms with Crippen molar-refractivity contribution in [2.24, 2.45) is 4.99 Å². The molecule has 0 heterocycles. The third kappa shape index (κ3) is 9.47. The number of rotatable bonds is 10. The smallest absolute Gasteiger partial charge is 0.221 e. The predicted octanol–water partition coefficient (Wildman–Crippen LogP) is 4.23. The number of hydrogen-bond donors (Lipinski definition) is 3. The van der Waals surface area contributed by atoms with Crippen molar-refractivity contribution in [2.75, 3.05) is 36.4 Å². The van der Waals surface area contributed by atoms with Gasteiger partial charge in [-0.05, 0) is 50.1 Å². The largest absolute Gasteiger partial charge is 0.372 e. The number of para-hydroxylation sites is 1. The zero-order chi connectivity index (χ0) is 20.9. The molecule has 164 valence electrons. The van der Waals surface area contributed by atoms with E-state index in [9.17, 15) is 4.79 Å². The van der Waals surface area contributed by atoms with E-state index in [0.29, 0.717) is 6.54 Å². The Balaban J connectivity index is 0.00000450. The number of anilines is 2. The fourth-order valence-electron chi connectivity index (χ4n) is 3.05. The summed E-state index contributed by atoms with van der Waals surface area (Å²) in [5, 5.41) is 9.51. The highest BCUT2D eigenvalue weighted by Crippen LogP contribution is 2.13. The van der Waals surface area contributed by atoms with Gasteiger partial charge < -0.3 is 20.9 Å². The van der Waals surface area contributed by atoms with Gasteiger partial charge in [-0.15, -0.1) is 24.0 Å². The number of hydrogen-bond acceptors (Lipinski definition) is 3. The Labute approximate surface area is 197 Å². The van der Waals surface area contributed by atoms with Crippen molar-refractivity contribution < 1.29 is 4.79 Å². The number of carbonyl (C=O) groups is 1. The van der Waals surface area contributed by atoms with Gasteiger partial charge in [-0.3, -0.25) is 4.79 Å². The van der Waals surface area contributed by atoms with E-state index in [4.69, 9.17) is 0 Å². The SMILES string of the molecule is CCNC(=NCc1cccc(NC(C)=O)c1)NCCCN(CC)c1ccccc1.I. The molecule has 3 N–H and O–H groups in total. The number of guanidine groups is 1. The molecule has 0 atom stereocenters. The predicted molar refractivity (Wildman–Crippen MR) is 138 cm³/mol. The van der Waals surface area contributed by atoms with Crippen molar-refractivity contribution in [3.8, 4) is 0 Å². The molecule has 0 bridgehead atoms. The summed E-state index contributed by atoms with van der Waals surface area (Å²) in [6, 6.07) is 18.3. The Morgan fingerprint density at radius 2 is 1.80 bits per heavy atom. The van der Waals surface area contributed by atoms with Crippen LogP contribution in [0.5, 0.6) is 0 Å². The van der Waals surface area contributed by atoms with E-state index < -0.39 is 0 Å². The van der Waals surface area contributed by atoms with Crippen LogP contribution < -0.4 is 20.9 Å². The molecule has 6 nitrogen and oxygen atoms in total. The van der Waals surface area contributed by atoms with Crippen LogP contribution in [-0.2, 0) is 11.3 Å². The van der Waals surface area contributed by atoms with E-state index in [2.05, 4.69) is 64.0 Å². The summed E-state index contributed by atoms with van der Waals surface area (Å²) in [5.41, 5.74) is 3.10. The molecule has 0 saturated carbocycles. The number of carbonyl (C=O) groups excluding carboxylic acids is 1. The first kappa shape index (κ1) is 25.7. The molecular weight excluding hydrogens is 489 g/mol. The number of amides is 1. The highest BCUT2D eigenvalue weighted by molar-refractivity contribution is 14.0. The van der Waals surface area contributed by atoms with Gasteiger partial charge in [0.1, 0.15) is 0 Å². The molecule has 2 rings (SSSR count). The lowest BCUT2D eigenvalue weighted by Gasteiger charge is -2.23. The van der Waals surface area contributed by atoms with Crippen LogP contribution in [0.4, 0.5) is 11.4 Å². The molecule has 0 aliphatic rings. The lowest BCUT2D eigenvalue weighted by atomic mass is 10.2. The van der Waals surface area contributed by atoms with E-state index in [0.717, 1.165) is 49.8 Å². The topological polar surface area (TPSA) is 68.8 Å². The van der Waals surface area contributed by atoms with E-state index in [1.54, 1.807) is 0 Å². The second kappa shape index (κ2) is 14.7. The van der Waals surface area contributed by atoms with E-state index in [1.165, 1.54) is 12.6 Å². The van der Waals surface area contributed by atoms with E-state index in [-0.39, 0.29) is 29.9 Å². The Bertz CT molecular complexity index is 782. The third-order valence-corrected chi connectivity index (χ3v) is 4.41. The van der Waals surface area contributed by atoms with Gasteiger partial charge >= 0.3 is 0 Å². The average Bonchev–Trinajstić information content (AvgIpc) is 2.72. The molecule has 0 unspecified atom stereocenters. The summed E-state index contributed by atoms with van der Waals surface area (Å²) in [6.45, 7) is 9.94. The highest BCUT2D eigenvalue weighted by Gasteiger charge is 2.04. The minimum Gasteiger partial charge on any atom is -0.372 e. The maximum absolute atomic E-state index is 11.2. The summed E-state index contributed by atoms with van der Waals surface area (Å²) in [5.74, 6) is 0.734. The summed E-state index contributed by atoms with van der Waals surface area (Å²) < 4.78 is 0. The highest BCUT2D eigenvalue weighted by atomic mass is 127. The van der Waals surface area contributed by atoms with Gasteiger partial charge in [0.15, 0.2) is 5.96 Å². The van der Waals surface area contributed by atoms with Gasteiger partial charge in [-0.25, -0.2) is 4.99 Å². The van der Waals surface area contributed by atoms with Crippen molar-refractivity contribution in [2.45, 2.75) is 33.7 Å². The zero-order valence-electron chi connectivity index (χ0n) is 18.1. The van der Waals surface area contributed by atoms with Gasteiger partial charge in [0, 0.05) is 44.5 Å². The normalized spacial score (nSPS) is 10.7. The second-order valence-corrected chi connectivity index (χ2v) is 6.77. The number of nitrogens with zero attached hydrogens (tertiary/aromatic N) is 2. The van der Waals surface area contributed by atoms with Crippen LogP contribution in [0.3, 0.4) is 0 Å².